The summed E-state index contributed by atoms with van der Waals surface area (Å²) in [6.07, 6.45) is 3.60. The lowest BCUT2D eigenvalue weighted by atomic mass is 9.96. The van der Waals surface area contributed by atoms with E-state index in [0.717, 1.165) is 39.0 Å². The number of benzene rings is 1. The molecular weight excluding hydrogens is 368 g/mol. The van der Waals surface area contributed by atoms with Gasteiger partial charge in [-0.15, -0.1) is 0 Å². The van der Waals surface area contributed by atoms with Gasteiger partial charge in [0.05, 0.1) is 17.7 Å². The van der Waals surface area contributed by atoms with Crippen LogP contribution in [0.4, 0.5) is 0 Å². The third-order valence-electron chi connectivity index (χ3n) is 5.32. The Morgan fingerprint density at radius 2 is 2.21 bits per heavy atom. The lowest BCUT2D eigenvalue weighted by Gasteiger charge is -2.28. The first-order chi connectivity index (χ1) is 14.1. The summed E-state index contributed by atoms with van der Waals surface area (Å²) >= 11 is 0. The molecule has 3 heterocycles. The molecule has 0 saturated carbocycles. The van der Waals surface area contributed by atoms with Crippen LogP contribution in [-0.2, 0) is 24.9 Å². The molecule has 7 heteroatoms. The highest BCUT2D eigenvalue weighted by Crippen LogP contribution is 2.43. The molecule has 0 aliphatic carbocycles. The zero-order valence-electron chi connectivity index (χ0n) is 17.3. The van der Waals surface area contributed by atoms with Gasteiger partial charge in [-0.05, 0) is 33.2 Å². The van der Waals surface area contributed by atoms with Crippen LogP contribution in [0.2, 0.25) is 0 Å². The highest BCUT2D eigenvalue weighted by Gasteiger charge is 2.30. The monoisotopic (exact) mass is 394 g/mol. The lowest BCUT2D eigenvalue weighted by Crippen LogP contribution is -2.28. The molecule has 29 heavy (non-hydrogen) atoms. The van der Waals surface area contributed by atoms with Gasteiger partial charge in [0, 0.05) is 60.3 Å². The molecule has 7 nitrogen and oxygen atoms in total. The van der Waals surface area contributed by atoms with Crippen LogP contribution in [0, 0.1) is 0 Å². The Morgan fingerprint density at radius 1 is 1.38 bits per heavy atom. The predicted octanol–water partition coefficient (Wildman–Crippen LogP) is 2.92. The summed E-state index contributed by atoms with van der Waals surface area (Å²) < 4.78 is 13.7. The first-order valence-corrected chi connectivity index (χ1v) is 9.77. The van der Waals surface area contributed by atoms with E-state index in [2.05, 4.69) is 25.8 Å². The maximum atomic E-state index is 13.0. The van der Waals surface area contributed by atoms with Crippen LogP contribution in [0.3, 0.4) is 0 Å². The third kappa shape index (κ3) is 3.26. The summed E-state index contributed by atoms with van der Waals surface area (Å²) in [5.74, 6) is 0.517. The molecule has 4 rings (SSSR count). The van der Waals surface area contributed by atoms with Crippen LogP contribution in [0.15, 0.2) is 30.6 Å². The van der Waals surface area contributed by atoms with Crippen LogP contribution in [0.1, 0.15) is 28.5 Å². The second kappa shape index (κ2) is 7.85. The number of pyridine rings is 1. The van der Waals surface area contributed by atoms with E-state index in [-0.39, 0.29) is 5.97 Å². The van der Waals surface area contributed by atoms with E-state index >= 15 is 0 Å². The van der Waals surface area contributed by atoms with Crippen LogP contribution in [0.5, 0.6) is 5.75 Å². The molecule has 0 unspecified atom stereocenters. The summed E-state index contributed by atoms with van der Waals surface area (Å²) in [7, 11) is 5.87. The van der Waals surface area contributed by atoms with Crippen LogP contribution >= 0.6 is 0 Å². The van der Waals surface area contributed by atoms with E-state index in [1.54, 1.807) is 6.20 Å². The van der Waals surface area contributed by atoms with E-state index < -0.39 is 0 Å². The summed E-state index contributed by atoms with van der Waals surface area (Å²) in [5.41, 5.74) is 5.49. The predicted molar refractivity (Wildman–Crippen MR) is 112 cm³/mol. The molecule has 3 aromatic rings. The fraction of sp³-hybridized carbons (Fsp3) is 0.364. The number of rotatable bonds is 5. The number of aromatic nitrogens is 2. The average Bonchev–Trinajstić information content (AvgIpc) is 3.01. The van der Waals surface area contributed by atoms with Crippen LogP contribution in [-0.4, -0.2) is 47.9 Å². The van der Waals surface area contributed by atoms with Crippen molar-refractivity contribution in [2.24, 2.45) is 7.05 Å². The van der Waals surface area contributed by atoms with Crippen molar-refractivity contribution in [3.05, 3.63) is 47.4 Å². The molecule has 152 valence electrons. The summed E-state index contributed by atoms with van der Waals surface area (Å²) in [5, 5.41) is 4.09. The van der Waals surface area contributed by atoms with Gasteiger partial charge in [0.2, 0.25) is 0 Å². The van der Waals surface area contributed by atoms with E-state index in [9.17, 15) is 4.79 Å². The van der Waals surface area contributed by atoms with Crippen molar-refractivity contribution in [3.63, 3.8) is 0 Å². The second-order valence-corrected chi connectivity index (χ2v) is 7.29. The molecule has 0 atom stereocenters. The number of nitrogens with zero attached hydrogens (tertiary/aromatic N) is 3. The molecular formula is C22H26N4O3. The van der Waals surface area contributed by atoms with Crippen molar-refractivity contribution in [2.45, 2.75) is 20.0 Å². The Hall–Kier alpha value is -2.90. The fourth-order valence-corrected chi connectivity index (χ4v) is 4.05. The molecule has 0 bridgehead atoms. The first-order valence-electron chi connectivity index (χ1n) is 9.77. The maximum Gasteiger partial charge on any atom is 0.340 e. The van der Waals surface area contributed by atoms with Crippen molar-refractivity contribution in [1.29, 1.82) is 0 Å². The lowest BCUT2D eigenvalue weighted by molar-refractivity contribution is 0.0526. The van der Waals surface area contributed by atoms with Gasteiger partial charge in [0.1, 0.15) is 12.5 Å². The largest absolute Gasteiger partial charge is 0.477 e. The van der Waals surface area contributed by atoms with Crippen LogP contribution < -0.4 is 10.1 Å². The number of carbonyl (C=O) groups is 1. The van der Waals surface area contributed by atoms with Gasteiger partial charge in [-0.3, -0.25) is 9.88 Å². The van der Waals surface area contributed by atoms with E-state index in [1.165, 1.54) is 0 Å². The standard InChI is InChI=1S/C22H26N4O3/c1-5-28-22(27)20-18(11-23-2)26(4)17-9-15(14-7-6-8-24-10-14)21-16(19(17)20)12-25(3)13-29-21/h6-10,23H,5,11-13H2,1-4H3. The SMILES string of the molecule is CCOC(=O)c1c(CNC)n(C)c2cc(-c3cccnc3)c3c(c12)CN(C)CO3. The van der Waals surface area contributed by atoms with E-state index in [4.69, 9.17) is 9.47 Å². The van der Waals surface area contributed by atoms with Gasteiger partial charge >= 0.3 is 5.97 Å². The maximum absolute atomic E-state index is 13.0. The average molecular weight is 394 g/mol. The van der Waals surface area contributed by atoms with Gasteiger partial charge < -0.3 is 19.4 Å². The normalized spacial score (nSPS) is 13.9. The number of carbonyl (C=O) groups excluding carboxylic acids is 1. The zero-order chi connectivity index (χ0) is 20.5. The Morgan fingerprint density at radius 3 is 2.90 bits per heavy atom. The number of aryl methyl sites for hydroxylation is 1. The smallest absolute Gasteiger partial charge is 0.340 e. The van der Waals surface area contributed by atoms with Crippen molar-refractivity contribution >= 4 is 16.9 Å². The van der Waals surface area contributed by atoms with Gasteiger partial charge in [-0.2, -0.15) is 0 Å². The molecule has 1 aliphatic rings. The molecule has 1 N–H and O–H groups in total. The molecule has 1 aromatic carbocycles. The number of hydrogen-bond acceptors (Lipinski definition) is 6. The summed E-state index contributed by atoms with van der Waals surface area (Å²) in [4.78, 5) is 19.3. The van der Waals surface area contributed by atoms with Crippen molar-refractivity contribution in [2.75, 3.05) is 27.4 Å². The number of hydrogen-bond donors (Lipinski definition) is 1. The van der Waals surface area contributed by atoms with Crippen molar-refractivity contribution in [3.8, 4) is 16.9 Å². The first kappa shape index (κ1) is 19.4. The summed E-state index contributed by atoms with van der Waals surface area (Å²) in [6, 6.07) is 6.04. The number of esters is 1. The highest BCUT2D eigenvalue weighted by atomic mass is 16.5. The van der Waals surface area contributed by atoms with Gasteiger partial charge in [-0.1, -0.05) is 6.07 Å². The molecule has 1 aliphatic heterocycles. The van der Waals surface area contributed by atoms with Gasteiger partial charge in [0.25, 0.3) is 0 Å². The number of fused-ring (bicyclic) bond motifs is 3. The van der Waals surface area contributed by atoms with Gasteiger partial charge in [0.15, 0.2) is 0 Å². The van der Waals surface area contributed by atoms with Crippen molar-refractivity contribution in [1.82, 2.24) is 19.8 Å². The second-order valence-electron chi connectivity index (χ2n) is 7.29. The molecule has 0 fully saturated rings. The van der Waals surface area contributed by atoms with E-state index in [1.807, 2.05) is 46.4 Å². The molecule has 0 amide bonds. The third-order valence-corrected chi connectivity index (χ3v) is 5.32. The minimum atomic E-state index is -0.298. The Kier molecular flexibility index (Phi) is 5.25. The Bertz CT molecular complexity index is 1060. The van der Waals surface area contributed by atoms with E-state index in [0.29, 0.717) is 32.0 Å². The van der Waals surface area contributed by atoms with Gasteiger partial charge in [-0.25, -0.2) is 4.79 Å². The Labute approximate surface area is 170 Å². The molecule has 2 aromatic heterocycles. The number of nitrogens with one attached hydrogen (secondary N) is 1. The zero-order valence-corrected chi connectivity index (χ0v) is 17.3. The fourth-order valence-electron chi connectivity index (χ4n) is 4.05. The quantitative estimate of drug-likeness (QED) is 0.671. The molecule has 0 spiro atoms. The Balaban J connectivity index is 2.08. The van der Waals surface area contributed by atoms with Crippen molar-refractivity contribution < 1.29 is 14.3 Å². The molecule has 0 radical (unpaired) electrons. The highest BCUT2D eigenvalue weighted by molar-refractivity contribution is 6.09. The topological polar surface area (TPSA) is 68.6 Å². The van der Waals surface area contributed by atoms with Crippen LogP contribution in [0.25, 0.3) is 22.0 Å². The molecule has 0 saturated heterocycles. The summed E-state index contributed by atoms with van der Waals surface area (Å²) in [6.45, 7) is 3.91. The minimum absolute atomic E-state index is 0.298. The minimum Gasteiger partial charge on any atom is -0.477 e. The number of ether oxygens (including phenoxy) is 2.